The van der Waals surface area contributed by atoms with Crippen LogP contribution in [0.4, 0.5) is 13.2 Å². The number of carbonyl (C=O) groups excluding carboxylic acids is 1. The summed E-state index contributed by atoms with van der Waals surface area (Å²) in [5.74, 6) is -2.15. The number of carboxylic acid groups (broad SMARTS) is 1. The van der Waals surface area contributed by atoms with Crippen molar-refractivity contribution in [3.63, 3.8) is 0 Å². The molecule has 0 radical (unpaired) electrons. The minimum absolute atomic E-state index is 0.861. The van der Waals surface area contributed by atoms with Gasteiger partial charge in [0.05, 0.1) is 13.6 Å². The van der Waals surface area contributed by atoms with Crippen molar-refractivity contribution < 1.29 is 27.6 Å². The molecule has 1 aromatic rings. The normalized spacial score (nSPS) is 11.2. The molecule has 0 amide bonds. The standard InChI is InChI=1S/C12H23N2.C2HF3O2/c1-12(2)7-5-4-6-8-14-10-9-13(3)11-14;3-2(4,5)1(6)7/h9-12H,4-8H2,1-3H3;(H,6,7)/q+1;/p-1. The van der Waals surface area contributed by atoms with Crippen LogP contribution >= 0.6 is 0 Å². The Morgan fingerprint density at radius 1 is 1.29 bits per heavy atom. The first-order valence-electron chi connectivity index (χ1n) is 6.92. The maximum Gasteiger partial charge on any atom is 0.430 e. The van der Waals surface area contributed by atoms with Crippen LogP contribution in [0, 0.1) is 5.92 Å². The average molecular weight is 308 g/mol. The average Bonchev–Trinajstić information content (AvgIpc) is 2.74. The molecule has 0 bridgehead atoms. The number of alkyl halides is 3. The molecule has 122 valence electrons. The van der Waals surface area contributed by atoms with Crippen LogP contribution in [-0.2, 0) is 18.4 Å². The predicted octanol–water partition coefficient (Wildman–Crippen LogP) is 1.83. The topological polar surface area (TPSA) is 48.9 Å². The predicted molar refractivity (Wildman–Crippen MR) is 70.0 cm³/mol. The van der Waals surface area contributed by atoms with Crippen molar-refractivity contribution in [3.05, 3.63) is 18.7 Å². The number of carboxylic acids is 1. The van der Waals surface area contributed by atoms with Crippen LogP contribution in [0.3, 0.4) is 0 Å². The lowest BCUT2D eigenvalue weighted by Gasteiger charge is -2.03. The zero-order valence-corrected chi connectivity index (χ0v) is 12.7. The summed E-state index contributed by atoms with van der Waals surface area (Å²) in [6.07, 6.45) is 6.60. The van der Waals surface area contributed by atoms with Gasteiger partial charge < -0.3 is 9.90 Å². The van der Waals surface area contributed by atoms with Crippen molar-refractivity contribution in [2.24, 2.45) is 13.0 Å². The molecule has 1 heterocycles. The summed E-state index contributed by atoms with van der Waals surface area (Å²) in [4.78, 5) is 8.78. The number of carbonyl (C=O) groups is 1. The van der Waals surface area contributed by atoms with Gasteiger partial charge in [0.15, 0.2) is 0 Å². The highest BCUT2D eigenvalue weighted by Crippen LogP contribution is 2.11. The highest BCUT2D eigenvalue weighted by Gasteiger charge is 2.28. The van der Waals surface area contributed by atoms with E-state index in [0.717, 1.165) is 5.92 Å². The second-order valence-electron chi connectivity index (χ2n) is 5.35. The second kappa shape index (κ2) is 9.41. The van der Waals surface area contributed by atoms with E-state index < -0.39 is 12.1 Å². The lowest BCUT2D eigenvalue weighted by atomic mass is 10.1. The van der Waals surface area contributed by atoms with Gasteiger partial charge in [-0.25, -0.2) is 9.13 Å². The van der Waals surface area contributed by atoms with Gasteiger partial charge >= 0.3 is 6.18 Å². The van der Waals surface area contributed by atoms with Crippen molar-refractivity contribution >= 4 is 5.97 Å². The molecular formula is C14H23F3N2O2. The molecule has 0 fully saturated rings. The third-order valence-electron chi connectivity index (χ3n) is 2.75. The first kappa shape index (κ1) is 19.5. The molecule has 21 heavy (non-hydrogen) atoms. The number of halogens is 3. The Kier molecular flexibility index (Phi) is 8.73. The van der Waals surface area contributed by atoms with Crippen molar-refractivity contribution in [1.29, 1.82) is 0 Å². The first-order valence-corrected chi connectivity index (χ1v) is 6.92. The lowest BCUT2D eigenvalue weighted by Crippen LogP contribution is -2.37. The Morgan fingerprint density at radius 2 is 1.86 bits per heavy atom. The number of aryl methyl sites for hydroxylation is 2. The zero-order chi connectivity index (χ0) is 16.5. The smallest absolute Gasteiger partial charge is 0.430 e. The van der Waals surface area contributed by atoms with Gasteiger partial charge in [0.1, 0.15) is 18.4 Å². The van der Waals surface area contributed by atoms with Crippen molar-refractivity contribution in [1.82, 2.24) is 4.57 Å². The van der Waals surface area contributed by atoms with Crippen LogP contribution < -0.4 is 9.67 Å². The monoisotopic (exact) mass is 308 g/mol. The number of imidazole rings is 1. The highest BCUT2D eigenvalue weighted by atomic mass is 19.4. The minimum Gasteiger partial charge on any atom is -0.542 e. The maximum absolute atomic E-state index is 10.5. The highest BCUT2D eigenvalue weighted by molar-refractivity contribution is 5.70. The molecule has 0 aromatic carbocycles. The second-order valence-corrected chi connectivity index (χ2v) is 5.35. The molecule has 0 saturated carbocycles. The van der Waals surface area contributed by atoms with Crippen molar-refractivity contribution in [2.45, 2.75) is 52.3 Å². The van der Waals surface area contributed by atoms with Crippen LogP contribution in [0.1, 0.15) is 39.5 Å². The van der Waals surface area contributed by atoms with E-state index in [0.29, 0.717) is 0 Å². The summed E-state index contributed by atoms with van der Waals surface area (Å²) in [7, 11) is 2.06. The van der Waals surface area contributed by atoms with E-state index in [-0.39, 0.29) is 0 Å². The number of aromatic nitrogens is 2. The maximum atomic E-state index is 10.5. The van der Waals surface area contributed by atoms with E-state index >= 15 is 0 Å². The SMILES string of the molecule is CC(C)CCCCCn1cc[n+](C)c1.O=C([O-])C(F)(F)F. The molecule has 0 aliphatic heterocycles. The largest absolute Gasteiger partial charge is 0.542 e. The minimum atomic E-state index is -5.19. The Labute approximate surface area is 123 Å². The van der Waals surface area contributed by atoms with Crippen LogP contribution in [0.2, 0.25) is 0 Å². The van der Waals surface area contributed by atoms with Gasteiger partial charge in [0, 0.05) is 0 Å². The van der Waals surface area contributed by atoms with Gasteiger partial charge in [-0.3, -0.25) is 0 Å². The van der Waals surface area contributed by atoms with E-state index in [1.807, 2.05) is 0 Å². The fourth-order valence-electron chi connectivity index (χ4n) is 1.66. The fraction of sp³-hybridized carbons (Fsp3) is 0.714. The first-order chi connectivity index (χ1) is 9.62. The number of hydrogen-bond acceptors (Lipinski definition) is 2. The van der Waals surface area contributed by atoms with Gasteiger partial charge in [0.2, 0.25) is 6.33 Å². The molecule has 1 rings (SSSR count). The van der Waals surface area contributed by atoms with Crippen LogP contribution in [-0.4, -0.2) is 16.7 Å². The molecule has 0 saturated heterocycles. The Bertz CT molecular complexity index is 415. The number of aliphatic carboxylic acids is 1. The summed E-state index contributed by atoms with van der Waals surface area (Å²) >= 11 is 0. The van der Waals surface area contributed by atoms with E-state index in [4.69, 9.17) is 9.90 Å². The Balaban J connectivity index is 0.000000486. The summed E-state index contributed by atoms with van der Waals surface area (Å²) in [6.45, 7) is 5.76. The summed E-state index contributed by atoms with van der Waals surface area (Å²) in [5.41, 5.74) is 0. The Hall–Kier alpha value is -1.53. The molecule has 0 atom stereocenters. The molecular weight excluding hydrogens is 285 g/mol. The molecule has 0 unspecified atom stereocenters. The third-order valence-corrected chi connectivity index (χ3v) is 2.75. The van der Waals surface area contributed by atoms with Crippen LogP contribution in [0.25, 0.3) is 0 Å². The Morgan fingerprint density at radius 3 is 2.24 bits per heavy atom. The van der Waals surface area contributed by atoms with E-state index in [1.165, 1.54) is 32.2 Å². The molecule has 0 N–H and O–H groups in total. The van der Waals surface area contributed by atoms with Crippen LogP contribution in [0.15, 0.2) is 18.7 Å². The van der Waals surface area contributed by atoms with Gasteiger partial charge in [-0.15, -0.1) is 0 Å². The quantitative estimate of drug-likeness (QED) is 0.594. The lowest BCUT2D eigenvalue weighted by molar-refractivity contribution is -0.671. The van der Waals surface area contributed by atoms with Gasteiger partial charge in [-0.05, 0) is 18.8 Å². The summed E-state index contributed by atoms with van der Waals surface area (Å²) in [5, 5.41) is 8.78. The van der Waals surface area contributed by atoms with E-state index in [2.05, 4.69) is 48.8 Å². The summed E-state index contributed by atoms with van der Waals surface area (Å²) < 4.78 is 35.9. The zero-order valence-electron chi connectivity index (χ0n) is 12.7. The number of nitrogens with zero attached hydrogens (tertiary/aromatic N) is 2. The van der Waals surface area contributed by atoms with Crippen molar-refractivity contribution in [2.75, 3.05) is 0 Å². The summed E-state index contributed by atoms with van der Waals surface area (Å²) in [6, 6.07) is 0. The number of rotatable bonds is 6. The van der Waals surface area contributed by atoms with Gasteiger partial charge in [-0.1, -0.05) is 26.7 Å². The number of unbranched alkanes of at least 4 members (excludes halogenated alkanes) is 2. The molecule has 0 aliphatic rings. The van der Waals surface area contributed by atoms with E-state index in [9.17, 15) is 13.2 Å². The van der Waals surface area contributed by atoms with Crippen LogP contribution in [0.5, 0.6) is 0 Å². The fourth-order valence-corrected chi connectivity index (χ4v) is 1.66. The molecule has 7 heteroatoms. The number of hydrogen-bond donors (Lipinski definition) is 0. The van der Waals surface area contributed by atoms with E-state index in [1.54, 1.807) is 0 Å². The molecule has 1 aromatic heterocycles. The van der Waals surface area contributed by atoms with Gasteiger partial charge in [-0.2, -0.15) is 13.2 Å². The van der Waals surface area contributed by atoms with Gasteiger partial charge in [0.25, 0.3) is 0 Å². The molecule has 4 nitrogen and oxygen atoms in total. The third kappa shape index (κ3) is 10.9. The molecule has 0 spiro atoms. The molecule has 0 aliphatic carbocycles. The van der Waals surface area contributed by atoms with Crippen molar-refractivity contribution in [3.8, 4) is 0 Å².